The third kappa shape index (κ3) is 2.24. The highest BCUT2D eigenvalue weighted by molar-refractivity contribution is 5.84. The first-order valence-electron chi connectivity index (χ1n) is 5.13. The summed E-state index contributed by atoms with van der Waals surface area (Å²) in [5, 5.41) is 27.5. The molecule has 0 saturated heterocycles. The molecule has 1 atom stereocenters. The van der Waals surface area contributed by atoms with Crippen molar-refractivity contribution in [1.82, 2.24) is 0 Å². The zero-order valence-corrected chi connectivity index (χ0v) is 9.20. The largest absolute Gasteiger partial charge is 0.475 e. The molecule has 1 aromatic heterocycles. The Kier molecular flexibility index (Phi) is 3.13. The molecule has 1 unspecified atom stereocenters. The number of nitrogens with zero attached hydrogens (tertiary/aromatic N) is 1. The van der Waals surface area contributed by atoms with Crippen LogP contribution < -0.4 is 0 Å². The quantitative estimate of drug-likeness (QED) is 0.858. The SMILES string of the molecule is N#Cc1cccc(C(O)c2ccc(C(=O)O)o2)c1. The number of carbonyl (C=O) groups is 1. The lowest BCUT2D eigenvalue weighted by Gasteiger charge is -2.07. The van der Waals surface area contributed by atoms with E-state index in [9.17, 15) is 9.90 Å². The lowest BCUT2D eigenvalue weighted by molar-refractivity contribution is 0.0655. The van der Waals surface area contributed by atoms with E-state index in [2.05, 4.69) is 0 Å². The molecule has 5 nitrogen and oxygen atoms in total. The van der Waals surface area contributed by atoms with Crippen LogP contribution in [0.4, 0.5) is 0 Å². The second-order valence-corrected chi connectivity index (χ2v) is 3.65. The minimum Gasteiger partial charge on any atom is -0.475 e. The van der Waals surface area contributed by atoms with Crippen LogP contribution in [0.5, 0.6) is 0 Å². The van der Waals surface area contributed by atoms with Crippen LogP contribution in [0.1, 0.15) is 33.5 Å². The van der Waals surface area contributed by atoms with Crippen molar-refractivity contribution in [3.05, 3.63) is 59.0 Å². The van der Waals surface area contributed by atoms with Gasteiger partial charge in [-0.15, -0.1) is 0 Å². The summed E-state index contributed by atoms with van der Waals surface area (Å²) in [5.74, 6) is -1.30. The van der Waals surface area contributed by atoms with Crippen molar-refractivity contribution >= 4 is 5.97 Å². The van der Waals surface area contributed by atoms with Gasteiger partial charge in [-0.3, -0.25) is 0 Å². The molecule has 1 aromatic carbocycles. The van der Waals surface area contributed by atoms with E-state index in [0.29, 0.717) is 11.1 Å². The summed E-state index contributed by atoms with van der Waals surface area (Å²) in [6, 6.07) is 11.0. The first kappa shape index (κ1) is 11.9. The molecule has 0 saturated carbocycles. The second-order valence-electron chi connectivity index (χ2n) is 3.65. The van der Waals surface area contributed by atoms with Crippen LogP contribution in [-0.2, 0) is 0 Å². The Morgan fingerprint density at radius 2 is 2.11 bits per heavy atom. The first-order valence-corrected chi connectivity index (χ1v) is 5.13. The number of nitriles is 1. The highest BCUT2D eigenvalue weighted by Crippen LogP contribution is 2.24. The summed E-state index contributed by atoms with van der Waals surface area (Å²) < 4.78 is 5.00. The van der Waals surface area contributed by atoms with E-state index in [1.165, 1.54) is 18.2 Å². The average molecular weight is 243 g/mol. The molecular weight excluding hydrogens is 234 g/mol. The molecule has 0 aliphatic carbocycles. The monoisotopic (exact) mass is 243 g/mol. The zero-order valence-electron chi connectivity index (χ0n) is 9.20. The number of rotatable bonds is 3. The number of hydrogen-bond acceptors (Lipinski definition) is 4. The topological polar surface area (TPSA) is 94.5 Å². The van der Waals surface area contributed by atoms with Gasteiger partial charge < -0.3 is 14.6 Å². The van der Waals surface area contributed by atoms with Crippen LogP contribution in [0.25, 0.3) is 0 Å². The van der Waals surface area contributed by atoms with Crippen LogP contribution in [0.2, 0.25) is 0 Å². The summed E-state index contributed by atoms with van der Waals surface area (Å²) >= 11 is 0. The molecule has 90 valence electrons. The minimum atomic E-state index is -1.20. The van der Waals surface area contributed by atoms with Crippen molar-refractivity contribution in [2.24, 2.45) is 0 Å². The van der Waals surface area contributed by atoms with Crippen molar-refractivity contribution < 1.29 is 19.4 Å². The van der Waals surface area contributed by atoms with Gasteiger partial charge in [0.25, 0.3) is 0 Å². The van der Waals surface area contributed by atoms with E-state index in [1.54, 1.807) is 18.2 Å². The number of carboxylic acids is 1. The molecule has 1 heterocycles. The van der Waals surface area contributed by atoms with Gasteiger partial charge in [0.05, 0.1) is 11.6 Å². The first-order chi connectivity index (χ1) is 8.61. The fourth-order valence-corrected chi connectivity index (χ4v) is 1.56. The Hall–Kier alpha value is -2.58. The van der Waals surface area contributed by atoms with E-state index >= 15 is 0 Å². The fourth-order valence-electron chi connectivity index (χ4n) is 1.56. The van der Waals surface area contributed by atoms with Crippen LogP contribution in [0.3, 0.4) is 0 Å². The molecule has 0 radical (unpaired) electrons. The minimum absolute atomic E-state index is 0.127. The number of aliphatic hydroxyl groups is 1. The number of aliphatic hydroxyl groups excluding tert-OH is 1. The van der Waals surface area contributed by atoms with Crippen LogP contribution in [0.15, 0.2) is 40.8 Å². The molecule has 0 bridgehead atoms. The Morgan fingerprint density at radius 1 is 1.33 bits per heavy atom. The molecule has 0 fully saturated rings. The van der Waals surface area contributed by atoms with E-state index in [-0.39, 0.29) is 11.5 Å². The maximum atomic E-state index is 10.7. The maximum Gasteiger partial charge on any atom is 0.371 e. The van der Waals surface area contributed by atoms with Crippen LogP contribution in [-0.4, -0.2) is 16.2 Å². The highest BCUT2D eigenvalue weighted by atomic mass is 16.4. The van der Waals surface area contributed by atoms with Crippen molar-refractivity contribution in [1.29, 1.82) is 5.26 Å². The van der Waals surface area contributed by atoms with E-state index < -0.39 is 12.1 Å². The van der Waals surface area contributed by atoms with Crippen molar-refractivity contribution in [3.63, 3.8) is 0 Å². The highest BCUT2D eigenvalue weighted by Gasteiger charge is 2.17. The number of benzene rings is 1. The maximum absolute atomic E-state index is 10.7. The fraction of sp³-hybridized carbons (Fsp3) is 0.0769. The Labute approximate surface area is 103 Å². The van der Waals surface area contributed by atoms with E-state index in [4.69, 9.17) is 14.8 Å². The summed E-state index contributed by atoms with van der Waals surface area (Å²) in [7, 11) is 0. The van der Waals surface area contributed by atoms with Gasteiger partial charge in [-0.1, -0.05) is 12.1 Å². The molecule has 0 spiro atoms. The molecule has 0 aliphatic heterocycles. The molecule has 2 aromatic rings. The average Bonchev–Trinajstić information content (AvgIpc) is 2.87. The van der Waals surface area contributed by atoms with Crippen molar-refractivity contribution in [2.75, 3.05) is 0 Å². The molecule has 2 N–H and O–H groups in total. The standard InChI is InChI=1S/C13H9NO4/c14-7-8-2-1-3-9(6-8)12(15)10-4-5-11(18-10)13(16)17/h1-6,12,15H,(H,16,17). The van der Waals surface area contributed by atoms with Gasteiger partial charge in [-0.25, -0.2) is 4.79 Å². The van der Waals surface area contributed by atoms with E-state index in [0.717, 1.165) is 0 Å². The molecule has 2 rings (SSSR count). The van der Waals surface area contributed by atoms with Gasteiger partial charge in [-0.05, 0) is 29.8 Å². The predicted molar refractivity (Wildman–Crippen MR) is 60.9 cm³/mol. The Bertz CT molecular complexity index is 624. The predicted octanol–water partition coefficient (Wildman–Crippen LogP) is 1.93. The van der Waals surface area contributed by atoms with Crippen LogP contribution >= 0.6 is 0 Å². The molecule has 5 heteroatoms. The third-order valence-corrected chi connectivity index (χ3v) is 2.44. The second kappa shape index (κ2) is 4.73. The number of furan rings is 1. The van der Waals surface area contributed by atoms with Gasteiger partial charge in [0.15, 0.2) is 0 Å². The summed E-state index contributed by atoms with van der Waals surface area (Å²) in [6.45, 7) is 0. The van der Waals surface area contributed by atoms with Gasteiger partial charge in [0.2, 0.25) is 5.76 Å². The van der Waals surface area contributed by atoms with Crippen LogP contribution in [0, 0.1) is 11.3 Å². The number of aromatic carboxylic acids is 1. The molecule has 0 aliphatic rings. The van der Waals surface area contributed by atoms with Gasteiger partial charge in [0, 0.05) is 0 Å². The van der Waals surface area contributed by atoms with E-state index in [1.807, 2.05) is 6.07 Å². The lowest BCUT2D eigenvalue weighted by atomic mass is 10.1. The molecule has 0 amide bonds. The normalized spacial score (nSPS) is 11.8. The molecular formula is C13H9NO4. The Balaban J connectivity index is 2.32. The van der Waals surface area contributed by atoms with Gasteiger partial charge in [0.1, 0.15) is 11.9 Å². The molecule has 18 heavy (non-hydrogen) atoms. The van der Waals surface area contributed by atoms with Gasteiger partial charge in [-0.2, -0.15) is 5.26 Å². The third-order valence-electron chi connectivity index (χ3n) is 2.44. The Morgan fingerprint density at radius 3 is 2.72 bits per heavy atom. The lowest BCUT2D eigenvalue weighted by Crippen LogP contribution is -1.99. The number of hydrogen-bond donors (Lipinski definition) is 2. The number of carboxylic acid groups (broad SMARTS) is 1. The van der Waals surface area contributed by atoms with Crippen molar-refractivity contribution in [2.45, 2.75) is 6.10 Å². The zero-order chi connectivity index (χ0) is 13.1. The summed E-state index contributed by atoms with van der Waals surface area (Å²) in [6.07, 6.45) is -1.09. The summed E-state index contributed by atoms with van der Waals surface area (Å²) in [5.41, 5.74) is 0.886. The van der Waals surface area contributed by atoms with Gasteiger partial charge >= 0.3 is 5.97 Å². The summed E-state index contributed by atoms with van der Waals surface area (Å²) in [4.78, 5) is 10.7. The van der Waals surface area contributed by atoms with Crippen molar-refractivity contribution in [3.8, 4) is 6.07 Å². The smallest absolute Gasteiger partial charge is 0.371 e.